The zero-order valence-electron chi connectivity index (χ0n) is 13.8. The lowest BCUT2D eigenvalue weighted by Crippen LogP contribution is -2.04. The second-order valence-electron chi connectivity index (χ2n) is 3.49. The highest BCUT2D eigenvalue weighted by molar-refractivity contribution is 6.17. The molecule has 0 bridgehead atoms. The van der Waals surface area contributed by atoms with Gasteiger partial charge >= 0.3 is 6.18 Å². The molecule has 0 aliphatic rings. The van der Waals surface area contributed by atoms with E-state index in [9.17, 15) is 13.2 Å². The summed E-state index contributed by atoms with van der Waals surface area (Å²) in [6.45, 7) is -2.84. The Labute approximate surface area is 114 Å². The predicted molar refractivity (Wildman–Crippen MR) is 63.2 cm³/mol. The van der Waals surface area contributed by atoms with E-state index in [1.165, 1.54) is 24.3 Å². The monoisotopic (exact) mass is 279 g/mol. The number of halogens is 4. The summed E-state index contributed by atoms with van der Waals surface area (Å²) >= 11 is 5.50. The molecule has 0 radical (unpaired) electrons. The average molecular weight is 280 g/mol. The van der Waals surface area contributed by atoms with Crippen molar-refractivity contribution in [2.24, 2.45) is 6.98 Å². The molecule has 2 rings (SSSR count). The minimum absolute atomic E-state index is 0.0888. The van der Waals surface area contributed by atoms with Crippen LogP contribution in [0.15, 0.2) is 30.5 Å². The lowest BCUT2D eigenvalue weighted by molar-refractivity contribution is -0.140. The topological polar surface area (TPSA) is 17.8 Å². The van der Waals surface area contributed by atoms with Gasteiger partial charge in [0.05, 0.1) is 0 Å². The lowest BCUT2D eigenvalue weighted by Gasteiger charge is -2.02. The highest BCUT2D eigenvalue weighted by Crippen LogP contribution is 2.30. The number of aryl methyl sites for hydroxylation is 1. The van der Waals surface area contributed by atoms with Crippen LogP contribution >= 0.6 is 11.6 Å². The number of hydrogen-bond acceptors (Lipinski definition) is 1. The number of hydrogen-bond donors (Lipinski definition) is 0. The third kappa shape index (κ3) is 2.51. The van der Waals surface area contributed by atoms with Gasteiger partial charge in [0, 0.05) is 31.4 Å². The maximum absolute atomic E-state index is 12.8. The summed E-state index contributed by atoms with van der Waals surface area (Å²) in [4.78, 5) is 3.36. The third-order valence-corrected chi connectivity index (χ3v) is 2.47. The van der Waals surface area contributed by atoms with Gasteiger partial charge in [-0.05, 0) is 5.56 Å². The number of benzene rings is 1. The molecule has 0 atom stereocenters. The zero-order chi connectivity index (χ0) is 17.6. The van der Waals surface area contributed by atoms with Gasteiger partial charge in [-0.3, -0.25) is 0 Å². The Morgan fingerprint density at radius 1 is 1.39 bits per heavy atom. The number of alkyl halides is 4. The van der Waals surface area contributed by atoms with Gasteiger partial charge in [-0.2, -0.15) is 13.2 Å². The third-order valence-electron chi connectivity index (χ3n) is 2.25. The van der Waals surface area contributed by atoms with Crippen LogP contribution in [0.2, 0.25) is 0 Å². The summed E-state index contributed by atoms with van der Waals surface area (Å²) in [5, 5.41) is 0. The zero-order valence-corrected chi connectivity index (χ0v) is 9.55. The molecule has 0 N–H and O–H groups in total. The molecule has 0 spiro atoms. The molecule has 0 saturated heterocycles. The molecule has 2 aromatic rings. The molecule has 6 heteroatoms. The normalized spacial score (nSPS) is 17.4. The first kappa shape index (κ1) is 7.84. The van der Waals surface area contributed by atoms with Crippen LogP contribution in [0.5, 0.6) is 0 Å². The maximum atomic E-state index is 12.8. The second kappa shape index (κ2) is 4.65. The summed E-state index contributed by atoms with van der Waals surface area (Å²) in [6, 6.07) is 5.04. The van der Waals surface area contributed by atoms with Crippen molar-refractivity contribution in [1.29, 1.82) is 0 Å². The second-order valence-corrected chi connectivity index (χ2v) is 3.68. The number of nitrogens with zero attached hydrogens (tertiary/aromatic N) is 2. The summed E-state index contributed by atoms with van der Waals surface area (Å²) in [5.74, 6) is -2.53. The highest BCUT2D eigenvalue weighted by atomic mass is 35.5. The first-order valence-electron chi connectivity index (χ1n) is 7.27. The molecule has 1 heterocycles. The fourth-order valence-corrected chi connectivity index (χ4v) is 1.53. The maximum Gasteiger partial charge on any atom is 0.434 e. The van der Waals surface area contributed by atoms with E-state index < -0.39 is 24.7 Å². The van der Waals surface area contributed by atoms with E-state index in [-0.39, 0.29) is 17.0 Å². The smallest absolute Gasteiger partial charge is 0.333 e. The lowest BCUT2D eigenvalue weighted by atomic mass is 10.1. The molecular weight excluding hydrogens is 265 g/mol. The fourth-order valence-electron chi connectivity index (χ4n) is 1.40. The summed E-state index contributed by atoms with van der Waals surface area (Å²) in [5.41, 5.74) is -1.13. The quantitative estimate of drug-likeness (QED) is 0.764. The number of imidazole rings is 1. The van der Waals surface area contributed by atoms with Gasteiger partial charge in [0.15, 0.2) is 5.69 Å². The van der Waals surface area contributed by atoms with Crippen molar-refractivity contribution in [1.82, 2.24) is 9.55 Å². The Hall–Kier alpha value is -1.49. The van der Waals surface area contributed by atoms with E-state index in [0.29, 0.717) is 10.8 Å². The van der Waals surface area contributed by atoms with E-state index in [0.717, 1.165) is 0 Å². The van der Waals surface area contributed by atoms with Gasteiger partial charge in [-0.1, -0.05) is 24.3 Å². The van der Waals surface area contributed by atoms with Gasteiger partial charge in [-0.25, -0.2) is 4.98 Å². The molecule has 18 heavy (non-hydrogen) atoms. The Morgan fingerprint density at radius 2 is 2.06 bits per heavy atom. The van der Waals surface area contributed by atoms with Crippen LogP contribution in [0, 0.1) is 0 Å². The van der Waals surface area contributed by atoms with Crippen molar-refractivity contribution in [3.63, 3.8) is 0 Å². The van der Waals surface area contributed by atoms with Crippen molar-refractivity contribution in [2.75, 3.05) is 0 Å². The molecule has 1 aromatic carbocycles. The van der Waals surface area contributed by atoms with Crippen molar-refractivity contribution >= 4 is 11.6 Å². The van der Waals surface area contributed by atoms with Gasteiger partial charge < -0.3 is 4.57 Å². The van der Waals surface area contributed by atoms with E-state index in [2.05, 4.69) is 4.98 Å². The standard InChI is InChI=1S/C12H10ClF3N2/c1-18-7-10(12(14,15)16)17-11(18)9-4-2-8(6-13)3-5-9/h2-5,7H,6H2,1H3/i1D3,6D2. The minimum atomic E-state index is -4.78. The molecule has 2 nitrogen and oxygen atoms in total. The first-order chi connectivity index (χ1) is 10.3. The Kier molecular flexibility index (Phi) is 2.02. The SMILES string of the molecule is [2H]C([2H])(Cl)c1ccc(-c2nc(C(F)(F)F)cn2C([2H])([2H])[2H])cc1. The fraction of sp³-hybridized carbons (Fsp3) is 0.250. The number of aromatic nitrogens is 2. The van der Waals surface area contributed by atoms with E-state index in [4.69, 9.17) is 18.5 Å². The van der Waals surface area contributed by atoms with Crippen LogP contribution < -0.4 is 0 Å². The molecule has 0 fully saturated rings. The van der Waals surface area contributed by atoms with Crippen molar-refractivity contribution in [3.05, 3.63) is 41.7 Å². The van der Waals surface area contributed by atoms with Crippen molar-refractivity contribution in [3.8, 4) is 11.4 Å². The predicted octanol–water partition coefficient (Wildman–Crippen LogP) is 3.84. The summed E-state index contributed by atoms with van der Waals surface area (Å²) in [7, 11) is 0. The molecule has 0 saturated carbocycles. The van der Waals surface area contributed by atoms with Gasteiger partial charge in [-0.15, -0.1) is 11.6 Å². The van der Waals surface area contributed by atoms with Gasteiger partial charge in [0.1, 0.15) is 5.82 Å². The molecule has 0 unspecified atom stereocenters. The minimum Gasteiger partial charge on any atom is -0.333 e. The van der Waals surface area contributed by atoms with Crippen LogP contribution in [0.4, 0.5) is 13.2 Å². The molecule has 1 aromatic heterocycles. The van der Waals surface area contributed by atoms with E-state index in [1.54, 1.807) is 0 Å². The Bertz CT molecular complexity index is 701. The van der Waals surface area contributed by atoms with Crippen LogP contribution in [0.25, 0.3) is 11.4 Å². The Morgan fingerprint density at radius 3 is 2.56 bits per heavy atom. The van der Waals surface area contributed by atoms with Crippen molar-refractivity contribution in [2.45, 2.75) is 12.0 Å². The molecule has 0 aliphatic heterocycles. The molecule has 96 valence electrons. The van der Waals surface area contributed by atoms with Crippen LogP contribution in [-0.2, 0) is 19.0 Å². The molecular formula is C12H10ClF3N2. The van der Waals surface area contributed by atoms with Gasteiger partial charge in [0.25, 0.3) is 0 Å². The van der Waals surface area contributed by atoms with Crippen molar-refractivity contribution < 1.29 is 20.0 Å². The summed E-state index contributed by atoms with van der Waals surface area (Å²) < 4.78 is 75.5. The first-order valence-corrected chi connectivity index (χ1v) is 5.15. The number of rotatable bonds is 2. The largest absolute Gasteiger partial charge is 0.434 e. The molecule has 0 aliphatic carbocycles. The van der Waals surface area contributed by atoms with E-state index >= 15 is 0 Å². The molecule has 0 amide bonds. The highest BCUT2D eigenvalue weighted by Gasteiger charge is 2.34. The van der Waals surface area contributed by atoms with Gasteiger partial charge in [0.2, 0.25) is 0 Å². The van der Waals surface area contributed by atoms with Crippen LogP contribution in [0.1, 0.15) is 18.1 Å². The van der Waals surface area contributed by atoms with Crippen LogP contribution in [0.3, 0.4) is 0 Å². The Balaban J connectivity index is 2.56. The summed E-state index contributed by atoms with van der Waals surface area (Å²) in [6.07, 6.45) is -4.35. The average Bonchev–Trinajstić information content (AvgIpc) is 2.82. The van der Waals surface area contributed by atoms with Crippen LogP contribution in [-0.4, -0.2) is 9.55 Å². The van der Waals surface area contributed by atoms with E-state index in [1.807, 2.05) is 0 Å².